The van der Waals surface area contributed by atoms with Gasteiger partial charge in [-0.2, -0.15) is 0 Å². The Balaban J connectivity index is 4.22. The average molecular weight is 160 g/mol. The molecule has 0 radical (unpaired) electrons. The zero-order valence-corrected chi connectivity index (χ0v) is 8.14. The predicted molar refractivity (Wildman–Crippen MR) is 46.8 cm³/mol. The molecule has 0 fully saturated rings. The van der Waals surface area contributed by atoms with Crippen LogP contribution in [0.15, 0.2) is 0 Å². The van der Waals surface area contributed by atoms with Gasteiger partial charge < -0.3 is 16.2 Å². The maximum Gasteiger partial charge on any atom is 0.120 e. The van der Waals surface area contributed by atoms with Crippen LogP contribution in [0.3, 0.4) is 0 Å². The average Bonchev–Trinajstić information content (AvgIpc) is 1.56. The molecular formula is C8H20N2O. The number of ether oxygens (including phenoxy) is 1. The van der Waals surface area contributed by atoms with Crippen LogP contribution >= 0.6 is 0 Å². The standard InChI is InChI=1S/C8H20N2O/c1-6(9)11-8(5,10)7(2,3)4/h6H,9-10H2,1-5H3. The van der Waals surface area contributed by atoms with Crippen molar-refractivity contribution in [3.63, 3.8) is 0 Å². The molecule has 0 aromatic rings. The monoisotopic (exact) mass is 160 g/mol. The molecule has 4 N–H and O–H groups in total. The largest absolute Gasteiger partial charge is 0.343 e. The van der Waals surface area contributed by atoms with Crippen LogP contribution in [0.2, 0.25) is 0 Å². The van der Waals surface area contributed by atoms with Crippen LogP contribution in [0.25, 0.3) is 0 Å². The van der Waals surface area contributed by atoms with E-state index in [0.717, 1.165) is 0 Å². The van der Waals surface area contributed by atoms with Crippen molar-refractivity contribution in [3.8, 4) is 0 Å². The highest BCUT2D eigenvalue weighted by Gasteiger charge is 2.35. The highest BCUT2D eigenvalue weighted by atomic mass is 16.5. The lowest BCUT2D eigenvalue weighted by molar-refractivity contribution is -0.131. The first-order valence-corrected chi connectivity index (χ1v) is 3.89. The highest BCUT2D eigenvalue weighted by molar-refractivity contribution is 4.82. The molecule has 0 heterocycles. The van der Waals surface area contributed by atoms with Crippen molar-refractivity contribution in [3.05, 3.63) is 0 Å². The third-order valence-electron chi connectivity index (χ3n) is 1.92. The minimum Gasteiger partial charge on any atom is -0.343 e. The second-order valence-electron chi connectivity index (χ2n) is 4.18. The quantitative estimate of drug-likeness (QED) is 0.593. The molecule has 0 aromatic carbocycles. The van der Waals surface area contributed by atoms with E-state index in [1.54, 1.807) is 6.92 Å². The minimum absolute atomic E-state index is 0.0966. The topological polar surface area (TPSA) is 61.3 Å². The van der Waals surface area contributed by atoms with E-state index in [0.29, 0.717) is 0 Å². The predicted octanol–water partition coefficient (Wildman–Crippen LogP) is 1.03. The van der Waals surface area contributed by atoms with Crippen molar-refractivity contribution in [1.82, 2.24) is 0 Å². The molecule has 0 aliphatic heterocycles. The van der Waals surface area contributed by atoms with Crippen molar-refractivity contribution in [2.75, 3.05) is 0 Å². The van der Waals surface area contributed by atoms with Crippen LogP contribution in [0.5, 0.6) is 0 Å². The molecule has 3 nitrogen and oxygen atoms in total. The molecule has 0 aliphatic rings. The Hall–Kier alpha value is -0.120. The van der Waals surface area contributed by atoms with Crippen molar-refractivity contribution in [1.29, 1.82) is 0 Å². The van der Waals surface area contributed by atoms with Crippen LogP contribution in [0.4, 0.5) is 0 Å². The summed E-state index contributed by atoms with van der Waals surface area (Å²) >= 11 is 0. The van der Waals surface area contributed by atoms with Gasteiger partial charge in [0.15, 0.2) is 0 Å². The van der Waals surface area contributed by atoms with E-state index in [1.807, 2.05) is 27.7 Å². The van der Waals surface area contributed by atoms with Gasteiger partial charge in [-0.25, -0.2) is 0 Å². The van der Waals surface area contributed by atoms with Crippen LogP contribution < -0.4 is 11.5 Å². The Morgan fingerprint density at radius 1 is 1.18 bits per heavy atom. The summed E-state index contributed by atoms with van der Waals surface area (Å²) in [6.45, 7) is 9.69. The van der Waals surface area contributed by atoms with Crippen LogP contribution in [0, 0.1) is 5.41 Å². The first-order chi connectivity index (χ1) is 4.67. The zero-order valence-electron chi connectivity index (χ0n) is 8.14. The Morgan fingerprint density at radius 2 is 1.55 bits per heavy atom. The Labute approximate surface area is 69.1 Å². The fourth-order valence-corrected chi connectivity index (χ4v) is 0.563. The summed E-state index contributed by atoms with van der Waals surface area (Å²) in [5.74, 6) is 0. The summed E-state index contributed by atoms with van der Waals surface area (Å²) in [4.78, 5) is 0. The van der Waals surface area contributed by atoms with Gasteiger partial charge in [0.05, 0.1) is 0 Å². The summed E-state index contributed by atoms with van der Waals surface area (Å²) in [5.41, 5.74) is 10.6. The molecule has 11 heavy (non-hydrogen) atoms. The van der Waals surface area contributed by atoms with Crippen molar-refractivity contribution in [2.24, 2.45) is 16.9 Å². The first kappa shape index (κ1) is 10.9. The number of hydrogen-bond donors (Lipinski definition) is 2. The SMILES string of the molecule is CC(N)OC(C)(N)C(C)(C)C. The second kappa shape index (κ2) is 3.09. The maximum absolute atomic E-state index is 5.89. The molecule has 0 aromatic heterocycles. The van der Waals surface area contributed by atoms with Gasteiger partial charge >= 0.3 is 0 Å². The molecule has 0 rings (SSSR count). The van der Waals surface area contributed by atoms with E-state index >= 15 is 0 Å². The molecule has 0 saturated carbocycles. The lowest BCUT2D eigenvalue weighted by Crippen LogP contribution is -2.53. The summed E-state index contributed by atoms with van der Waals surface area (Å²) < 4.78 is 5.36. The lowest BCUT2D eigenvalue weighted by Gasteiger charge is -2.39. The first-order valence-electron chi connectivity index (χ1n) is 3.89. The minimum atomic E-state index is -0.666. The zero-order chi connectivity index (χ0) is 9.28. The van der Waals surface area contributed by atoms with Crippen LogP contribution in [0.1, 0.15) is 34.6 Å². The molecule has 3 heteroatoms. The number of rotatable bonds is 2. The van der Waals surface area contributed by atoms with Gasteiger partial charge in [-0.1, -0.05) is 20.8 Å². The van der Waals surface area contributed by atoms with Crippen molar-refractivity contribution >= 4 is 0 Å². The van der Waals surface area contributed by atoms with E-state index in [9.17, 15) is 0 Å². The summed E-state index contributed by atoms with van der Waals surface area (Å²) in [5, 5.41) is 0. The second-order valence-corrected chi connectivity index (χ2v) is 4.18. The molecule has 2 atom stereocenters. The van der Waals surface area contributed by atoms with Crippen LogP contribution in [-0.4, -0.2) is 12.0 Å². The van der Waals surface area contributed by atoms with Gasteiger partial charge in [0, 0.05) is 5.41 Å². The molecule has 0 aliphatic carbocycles. The third-order valence-corrected chi connectivity index (χ3v) is 1.92. The Kier molecular flexibility index (Phi) is 3.06. The number of hydrogen-bond acceptors (Lipinski definition) is 3. The lowest BCUT2D eigenvalue weighted by atomic mass is 9.85. The smallest absolute Gasteiger partial charge is 0.120 e. The molecule has 0 saturated heterocycles. The molecule has 68 valence electrons. The Morgan fingerprint density at radius 3 is 1.64 bits per heavy atom. The van der Waals surface area contributed by atoms with Gasteiger partial charge in [0.25, 0.3) is 0 Å². The molecule has 0 spiro atoms. The normalized spacial score (nSPS) is 21.0. The van der Waals surface area contributed by atoms with Crippen LogP contribution in [-0.2, 0) is 4.74 Å². The molecule has 0 bridgehead atoms. The molecule has 2 unspecified atom stereocenters. The van der Waals surface area contributed by atoms with Gasteiger partial charge in [0.2, 0.25) is 0 Å². The highest BCUT2D eigenvalue weighted by Crippen LogP contribution is 2.28. The van der Waals surface area contributed by atoms with E-state index in [4.69, 9.17) is 16.2 Å². The van der Waals surface area contributed by atoms with Gasteiger partial charge in [0.1, 0.15) is 12.0 Å². The van der Waals surface area contributed by atoms with Gasteiger partial charge in [-0.05, 0) is 13.8 Å². The Bertz CT molecular complexity index is 125. The van der Waals surface area contributed by atoms with E-state index in [1.165, 1.54) is 0 Å². The number of nitrogens with two attached hydrogens (primary N) is 2. The van der Waals surface area contributed by atoms with Crippen molar-refractivity contribution < 1.29 is 4.74 Å². The third kappa shape index (κ3) is 3.18. The fourth-order valence-electron chi connectivity index (χ4n) is 0.563. The van der Waals surface area contributed by atoms with E-state index in [-0.39, 0.29) is 11.6 Å². The molecule has 0 amide bonds. The van der Waals surface area contributed by atoms with E-state index in [2.05, 4.69) is 0 Å². The summed E-state index contributed by atoms with van der Waals surface area (Å²) in [6.07, 6.45) is -0.316. The summed E-state index contributed by atoms with van der Waals surface area (Å²) in [7, 11) is 0. The van der Waals surface area contributed by atoms with Gasteiger partial charge in [-0.15, -0.1) is 0 Å². The fraction of sp³-hybridized carbons (Fsp3) is 1.00. The van der Waals surface area contributed by atoms with Gasteiger partial charge in [-0.3, -0.25) is 0 Å². The summed E-state index contributed by atoms with van der Waals surface area (Å²) in [6, 6.07) is 0. The molecular weight excluding hydrogens is 140 g/mol. The maximum atomic E-state index is 5.89. The van der Waals surface area contributed by atoms with E-state index < -0.39 is 5.72 Å². The van der Waals surface area contributed by atoms with Crippen molar-refractivity contribution in [2.45, 2.75) is 46.6 Å².